The Kier molecular flexibility index (Phi) is 4.54. The lowest BCUT2D eigenvalue weighted by molar-refractivity contribution is 0.462. The van der Waals surface area contributed by atoms with Crippen molar-refractivity contribution < 1.29 is 8.42 Å². The monoisotopic (exact) mass is 311 g/mol. The van der Waals surface area contributed by atoms with Gasteiger partial charge >= 0.3 is 0 Å². The number of nitrogens with two attached hydrogens (primary N) is 1. The van der Waals surface area contributed by atoms with Gasteiger partial charge in [-0.25, -0.2) is 13.4 Å². The van der Waals surface area contributed by atoms with E-state index in [1.54, 1.807) is 31.6 Å². The van der Waals surface area contributed by atoms with E-state index < -0.39 is 10.0 Å². The predicted octanol–water partition coefficient (Wildman–Crippen LogP) is 1.73. The lowest BCUT2D eigenvalue weighted by Crippen LogP contribution is -2.27. The zero-order chi connectivity index (χ0) is 14.8. The van der Waals surface area contributed by atoms with Crippen molar-refractivity contribution in [1.29, 1.82) is 0 Å². The Morgan fingerprint density at radius 2 is 2.15 bits per heavy atom. The third-order valence-electron chi connectivity index (χ3n) is 3.17. The maximum atomic E-state index is 12.6. The summed E-state index contributed by atoms with van der Waals surface area (Å²) in [6.07, 6.45) is 0. The minimum atomic E-state index is -3.54. The lowest BCUT2D eigenvalue weighted by Gasteiger charge is -2.18. The highest BCUT2D eigenvalue weighted by Gasteiger charge is 2.24. The summed E-state index contributed by atoms with van der Waals surface area (Å²) in [5.41, 5.74) is 9.62. The van der Waals surface area contributed by atoms with Gasteiger partial charge in [-0.2, -0.15) is 4.31 Å². The van der Waals surface area contributed by atoms with Crippen LogP contribution in [0.15, 0.2) is 34.0 Å². The van der Waals surface area contributed by atoms with E-state index in [0.717, 1.165) is 11.3 Å². The molecule has 2 aromatic rings. The van der Waals surface area contributed by atoms with Crippen LogP contribution >= 0.6 is 11.3 Å². The van der Waals surface area contributed by atoms with Crippen LogP contribution in [-0.2, 0) is 23.1 Å². The van der Waals surface area contributed by atoms with Crippen molar-refractivity contribution in [3.63, 3.8) is 0 Å². The number of thiazole rings is 1. The molecule has 0 unspecified atom stereocenters. The summed E-state index contributed by atoms with van der Waals surface area (Å²) in [6.45, 7) is 2.37. The minimum absolute atomic E-state index is 0.262. The summed E-state index contributed by atoms with van der Waals surface area (Å²) < 4.78 is 26.5. The van der Waals surface area contributed by atoms with E-state index >= 15 is 0 Å². The molecule has 0 aliphatic rings. The predicted molar refractivity (Wildman–Crippen MR) is 79.8 cm³/mol. The summed E-state index contributed by atoms with van der Waals surface area (Å²) >= 11 is 1.45. The molecule has 0 saturated carbocycles. The molecule has 0 aliphatic heterocycles. The highest BCUT2D eigenvalue weighted by Crippen LogP contribution is 2.22. The number of sulfonamides is 1. The average Bonchev–Trinajstić information content (AvgIpc) is 2.91. The van der Waals surface area contributed by atoms with E-state index in [9.17, 15) is 8.42 Å². The van der Waals surface area contributed by atoms with Gasteiger partial charge in [0.25, 0.3) is 0 Å². The molecule has 0 bridgehead atoms. The van der Waals surface area contributed by atoms with Crippen LogP contribution in [0, 0.1) is 6.92 Å². The molecular formula is C13H17N3O2S2. The number of rotatable bonds is 5. The van der Waals surface area contributed by atoms with Crippen LogP contribution in [0.4, 0.5) is 0 Å². The molecule has 0 radical (unpaired) electrons. The first kappa shape index (κ1) is 15.1. The van der Waals surface area contributed by atoms with Crippen LogP contribution in [-0.4, -0.2) is 24.8 Å². The van der Waals surface area contributed by atoms with Gasteiger partial charge in [-0.1, -0.05) is 12.1 Å². The molecule has 5 nitrogen and oxygen atoms in total. The van der Waals surface area contributed by atoms with E-state index in [0.29, 0.717) is 17.0 Å². The van der Waals surface area contributed by atoms with E-state index in [1.807, 2.05) is 11.4 Å². The molecule has 1 aromatic heterocycles. The molecule has 2 rings (SSSR count). The summed E-state index contributed by atoms with van der Waals surface area (Å²) in [5.74, 6) is 0. The number of aromatic nitrogens is 1. The summed E-state index contributed by atoms with van der Waals surface area (Å²) in [5, 5.41) is 1.84. The normalized spacial score (nSPS) is 12.0. The highest BCUT2D eigenvalue weighted by atomic mass is 32.2. The summed E-state index contributed by atoms with van der Waals surface area (Å²) in [6, 6.07) is 5.18. The first-order valence-electron chi connectivity index (χ1n) is 6.08. The van der Waals surface area contributed by atoms with Crippen molar-refractivity contribution >= 4 is 21.4 Å². The van der Waals surface area contributed by atoms with E-state index in [2.05, 4.69) is 4.98 Å². The fraction of sp³-hybridized carbons (Fsp3) is 0.308. The molecule has 7 heteroatoms. The lowest BCUT2D eigenvalue weighted by atomic mass is 10.1. The Labute approximate surface area is 123 Å². The average molecular weight is 311 g/mol. The first-order valence-corrected chi connectivity index (χ1v) is 8.47. The molecule has 0 saturated heterocycles. The van der Waals surface area contributed by atoms with E-state index in [1.165, 1.54) is 15.6 Å². The molecular weight excluding hydrogens is 294 g/mol. The first-order chi connectivity index (χ1) is 9.46. The van der Waals surface area contributed by atoms with Crippen molar-refractivity contribution in [3.05, 3.63) is 45.9 Å². The number of benzene rings is 1. The topological polar surface area (TPSA) is 76.3 Å². The molecule has 20 heavy (non-hydrogen) atoms. The van der Waals surface area contributed by atoms with Gasteiger partial charge in [-0.3, -0.25) is 0 Å². The van der Waals surface area contributed by atoms with Crippen LogP contribution in [0.3, 0.4) is 0 Å². The van der Waals surface area contributed by atoms with Crippen molar-refractivity contribution in [2.45, 2.75) is 24.9 Å². The van der Waals surface area contributed by atoms with Crippen LogP contribution in [0.5, 0.6) is 0 Å². The van der Waals surface area contributed by atoms with Gasteiger partial charge in [0.05, 0.1) is 22.6 Å². The molecule has 1 heterocycles. The molecule has 0 amide bonds. The molecule has 108 valence electrons. The van der Waals surface area contributed by atoms with Gasteiger partial charge in [0.15, 0.2) is 0 Å². The van der Waals surface area contributed by atoms with E-state index in [4.69, 9.17) is 5.73 Å². The molecule has 0 aliphatic carbocycles. The van der Waals surface area contributed by atoms with Crippen LogP contribution in [0.2, 0.25) is 0 Å². The van der Waals surface area contributed by atoms with Crippen molar-refractivity contribution in [3.8, 4) is 0 Å². The van der Waals surface area contributed by atoms with Crippen LogP contribution < -0.4 is 5.73 Å². The van der Waals surface area contributed by atoms with Crippen molar-refractivity contribution in [2.24, 2.45) is 5.73 Å². The smallest absolute Gasteiger partial charge is 0.243 e. The second kappa shape index (κ2) is 6.01. The van der Waals surface area contributed by atoms with Crippen LogP contribution in [0.25, 0.3) is 0 Å². The maximum Gasteiger partial charge on any atom is 0.243 e. The Morgan fingerprint density at radius 1 is 1.40 bits per heavy atom. The zero-order valence-electron chi connectivity index (χ0n) is 11.4. The van der Waals surface area contributed by atoms with Gasteiger partial charge in [-0.05, 0) is 24.1 Å². The summed E-state index contributed by atoms with van der Waals surface area (Å²) in [4.78, 5) is 4.42. The summed E-state index contributed by atoms with van der Waals surface area (Å²) in [7, 11) is -1.98. The minimum Gasteiger partial charge on any atom is -0.326 e. The largest absolute Gasteiger partial charge is 0.326 e. The molecule has 2 N–H and O–H groups in total. The molecule has 1 aromatic carbocycles. The molecule has 0 fully saturated rings. The van der Waals surface area contributed by atoms with Crippen molar-refractivity contribution in [2.75, 3.05) is 7.05 Å². The maximum absolute atomic E-state index is 12.6. The quantitative estimate of drug-likeness (QED) is 0.912. The van der Waals surface area contributed by atoms with Gasteiger partial charge in [0, 0.05) is 19.0 Å². The second-order valence-corrected chi connectivity index (χ2v) is 7.22. The van der Waals surface area contributed by atoms with Crippen molar-refractivity contribution in [1.82, 2.24) is 9.29 Å². The number of nitrogens with zero attached hydrogens (tertiary/aromatic N) is 2. The number of hydrogen-bond donors (Lipinski definition) is 1. The Hall–Kier alpha value is -1.28. The second-order valence-electron chi connectivity index (χ2n) is 4.49. The third kappa shape index (κ3) is 2.90. The SMILES string of the molecule is Cc1c(CN)cccc1S(=O)(=O)N(C)Cc1cscn1. The Bertz CT molecular complexity index is 682. The Balaban J connectivity index is 2.35. The Morgan fingerprint density at radius 3 is 2.75 bits per heavy atom. The molecule has 0 atom stereocenters. The van der Waals surface area contributed by atoms with Crippen LogP contribution in [0.1, 0.15) is 16.8 Å². The standard InChI is InChI=1S/C13H17N3O2S2/c1-10-11(6-14)4-3-5-13(10)20(17,18)16(2)7-12-8-19-9-15-12/h3-5,8-9H,6-7,14H2,1-2H3. The van der Waals surface area contributed by atoms with Gasteiger partial charge in [0.1, 0.15) is 0 Å². The fourth-order valence-corrected chi connectivity index (χ4v) is 3.91. The van der Waals surface area contributed by atoms with Gasteiger partial charge in [0.2, 0.25) is 10.0 Å². The number of hydrogen-bond acceptors (Lipinski definition) is 5. The molecule has 0 spiro atoms. The third-order valence-corrected chi connectivity index (χ3v) is 5.76. The fourth-order valence-electron chi connectivity index (χ4n) is 1.96. The zero-order valence-corrected chi connectivity index (χ0v) is 13.0. The van der Waals surface area contributed by atoms with Gasteiger partial charge in [-0.15, -0.1) is 11.3 Å². The van der Waals surface area contributed by atoms with E-state index in [-0.39, 0.29) is 6.54 Å². The van der Waals surface area contributed by atoms with Gasteiger partial charge < -0.3 is 5.73 Å². The highest BCUT2D eigenvalue weighted by molar-refractivity contribution is 7.89.